The number of aromatic nitrogens is 3. The van der Waals surface area contributed by atoms with Gasteiger partial charge in [-0.15, -0.1) is 0 Å². The van der Waals surface area contributed by atoms with Crippen LogP contribution in [0.3, 0.4) is 0 Å². The molecule has 0 radical (unpaired) electrons. The lowest BCUT2D eigenvalue weighted by molar-refractivity contribution is -0.113. The van der Waals surface area contributed by atoms with E-state index in [2.05, 4.69) is 20.3 Å². The Balaban J connectivity index is 1.27. The number of fused-ring (bicyclic) bond motifs is 1. The topological polar surface area (TPSA) is 126 Å². The van der Waals surface area contributed by atoms with E-state index in [1.54, 1.807) is 35.5 Å². The van der Waals surface area contributed by atoms with E-state index in [-0.39, 0.29) is 30.3 Å². The van der Waals surface area contributed by atoms with Gasteiger partial charge in [0.2, 0.25) is 5.95 Å². The number of hydrogen-bond donors (Lipinski definition) is 3. The van der Waals surface area contributed by atoms with E-state index in [1.165, 1.54) is 12.1 Å². The van der Waals surface area contributed by atoms with Crippen molar-refractivity contribution in [1.82, 2.24) is 19.9 Å². The number of H-pyrrole nitrogens is 1. The standard InChI is InChI=1S/C30H31FN6O3/c31-23-9-6-20(7-10-23)8-11-24(28(38)36-29-34-25-12-15-33-18-26(25)35-29)27(32)22-13-16-37(17-14-22)30(39)40-19-21-4-2-1-3-5-21/h1-7,9-10,12,15,18,22H,8,11,13-14,16-17,19,32H2,(H2,34,35,36,38). The normalized spacial score (nSPS) is 14.6. The minimum Gasteiger partial charge on any atom is -0.445 e. The second kappa shape index (κ2) is 12.4. The number of likely N-dealkylation sites (tertiary alicyclic amines) is 1. The maximum atomic E-state index is 13.5. The molecule has 3 heterocycles. The largest absolute Gasteiger partial charge is 0.445 e. The molecule has 9 nitrogen and oxygen atoms in total. The zero-order chi connectivity index (χ0) is 27.9. The first-order valence-corrected chi connectivity index (χ1v) is 13.3. The minimum absolute atomic E-state index is 0.0768. The number of aryl methyl sites for hydroxylation is 1. The summed E-state index contributed by atoms with van der Waals surface area (Å²) in [6, 6.07) is 17.5. The van der Waals surface area contributed by atoms with Crippen LogP contribution in [0.15, 0.2) is 84.3 Å². The minimum atomic E-state index is -0.362. The second-order valence-corrected chi connectivity index (χ2v) is 9.79. The fourth-order valence-corrected chi connectivity index (χ4v) is 4.84. The van der Waals surface area contributed by atoms with Gasteiger partial charge in [0.15, 0.2) is 0 Å². The molecule has 4 aromatic rings. The number of pyridine rings is 1. The van der Waals surface area contributed by atoms with E-state index >= 15 is 0 Å². The van der Waals surface area contributed by atoms with E-state index in [1.807, 2.05) is 30.3 Å². The van der Waals surface area contributed by atoms with Gasteiger partial charge in [0.25, 0.3) is 5.91 Å². The predicted molar refractivity (Wildman–Crippen MR) is 149 cm³/mol. The van der Waals surface area contributed by atoms with Gasteiger partial charge in [-0.05, 0) is 55.0 Å². The number of carbonyl (C=O) groups is 2. The Bertz CT molecular complexity index is 1460. The van der Waals surface area contributed by atoms with Gasteiger partial charge in [-0.25, -0.2) is 14.2 Å². The first kappa shape index (κ1) is 26.9. The van der Waals surface area contributed by atoms with E-state index in [0.29, 0.717) is 67.0 Å². The summed E-state index contributed by atoms with van der Waals surface area (Å²) in [5.74, 6) is -0.440. The van der Waals surface area contributed by atoms with Gasteiger partial charge < -0.3 is 20.4 Å². The van der Waals surface area contributed by atoms with Gasteiger partial charge >= 0.3 is 6.09 Å². The Hall–Kier alpha value is -4.73. The van der Waals surface area contributed by atoms with E-state index < -0.39 is 0 Å². The highest BCUT2D eigenvalue weighted by Crippen LogP contribution is 2.27. The van der Waals surface area contributed by atoms with Crippen molar-refractivity contribution in [2.75, 3.05) is 18.4 Å². The van der Waals surface area contributed by atoms with E-state index in [0.717, 1.165) is 11.1 Å². The lowest BCUT2D eigenvalue weighted by Gasteiger charge is -2.32. The molecule has 4 N–H and O–H groups in total. The Kier molecular flexibility index (Phi) is 8.34. The molecule has 0 bridgehead atoms. The van der Waals surface area contributed by atoms with Crippen LogP contribution in [0, 0.1) is 11.7 Å². The van der Waals surface area contributed by atoms with Crippen molar-refractivity contribution in [1.29, 1.82) is 0 Å². The zero-order valence-electron chi connectivity index (χ0n) is 22.0. The van der Waals surface area contributed by atoms with Gasteiger partial charge in [0, 0.05) is 36.5 Å². The van der Waals surface area contributed by atoms with Crippen molar-refractivity contribution in [3.05, 3.63) is 101 Å². The smallest absolute Gasteiger partial charge is 0.410 e. The van der Waals surface area contributed by atoms with Crippen molar-refractivity contribution >= 4 is 29.0 Å². The van der Waals surface area contributed by atoms with Gasteiger partial charge in [-0.1, -0.05) is 42.5 Å². The zero-order valence-corrected chi connectivity index (χ0v) is 22.0. The van der Waals surface area contributed by atoms with Crippen LogP contribution in [0.2, 0.25) is 0 Å². The molecule has 0 aliphatic carbocycles. The van der Waals surface area contributed by atoms with Crippen LogP contribution >= 0.6 is 0 Å². The molecule has 40 heavy (non-hydrogen) atoms. The molecule has 0 saturated carbocycles. The molecule has 1 saturated heterocycles. The molecule has 2 amide bonds. The summed E-state index contributed by atoms with van der Waals surface area (Å²) in [6.07, 6.45) is 4.99. The molecule has 5 rings (SSSR count). The number of allylic oxidation sites excluding steroid dienone is 1. The van der Waals surface area contributed by atoms with Crippen LogP contribution in [-0.4, -0.2) is 44.9 Å². The second-order valence-electron chi connectivity index (χ2n) is 9.79. The molecule has 1 fully saturated rings. The molecule has 0 atom stereocenters. The van der Waals surface area contributed by atoms with Gasteiger partial charge in [0.1, 0.15) is 12.4 Å². The molecule has 0 unspecified atom stereocenters. The molecule has 1 aliphatic rings. The van der Waals surface area contributed by atoms with E-state index in [4.69, 9.17) is 10.5 Å². The highest BCUT2D eigenvalue weighted by Gasteiger charge is 2.28. The molecule has 1 aliphatic heterocycles. The van der Waals surface area contributed by atoms with Crippen molar-refractivity contribution in [2.24, 2.45) is 11.7 Å². The van der Waals surface area contributed by atoms with Crippen LogP contribution in [0.1, 0.15) is 30.4 Å². The van der Waals surface area contributed by atoms with Gasteiger partial charge in [-0.3, -0.25) is 15.1 Å². The van der Waals surface area contributed by atoms with Crippen molar-refractivity contribution < 1.29 is 18.7 Å². The Morgan fingerprint density at radius 2 is 1.80 bits per heavy atom. The summed E-state index contributed by atoms with van der Waals surface area (Å²) >= 11 is 0. The molecule has 2 aromatic heterocycles. The lowest BCUT2D eigenvalue weighted by Crippen LogP contribution is -2.40. The number of nitrogens with zero attached hydrogens (tertiary/aromatic N) is 3. The maximum Gasteiger partial charge on any atom is 0.410 e. The fourth-order valence-electron chi connectivity index (χ4n) is 4.84. The molecule has 206 valence electrons. The predicted octanol–water partition coefficient (Wildman–Crippen LogP) is 4.93. The number of imidazole rings is 1. The molecule has 10 heteroatoms. The number of benzene rings is 2. The third-order valence-electron chi connectivity index (χ3n) is 7.11. The van der Waals surface area contributed by atoms with Gasteiger partial charge in [-0.2, -0.15) is 0 Å². The number of ether oxygens (including phenoxy) is 1. The lowest BCUT2D eigenvalue weighted by atomic mass is 9.89. The number of nitrogens with two attached hydrogens (primary N) is 1. The van der Waals surface area contributed by atoms with Crippen LogP contribution < -0.4 is 11.1 Å². The molecular formula is C30H31FN6O3. The third-order valence-corrected chi connectivity index (χ3v) is 7.11. The number of piperidine rings is 1. The van der Waals surface area contributed by atoms with Crippen molar-refractivity contribution in [2.45, 2.75) is 32.3 Å². The molecular weight excluding hydrogens is 511 g/mol. The average Bonchev–Trinajstić information content (AvgIpc) is 3.39. The number of amides is 2. The van der Waals surface area contributed by atoms with Crippen LogP contribution in [-0.2, 0) is 22.6 Å². The fraction of sp³-hybridized carbons (Fsp3) is 0.267. The Morgan fingerprint density at radius 1 is 1.05 bits per heavy atom. The molecule has 0 spiro atoms. The van der Waals surface area contributed by atoms with Crippen LogP contribution in [0.5, 0.6) is 0 Å². The summed E-state index contributed by atoms with van der Waals surface area (Å²) in [7, 11) is 0. The van der Waals surface area contributed by atoms with Crippen LogP contribution in [0.25, 0.3) is 11.0 Å². The number of rotatable bonds is 8. The quantitative estimate of drug-likeness (QED) is 0.271. The van der Waals surface area contributed by atoms with Crippen molar-refractivity contribution in [3.8, 4) is 0 Å². The summed E-state index contributed by atoms with van der Waals surface area (Å²) in [6.45, 7) is 1.16. The summed E-state index contributed by atoms with van der Waals surface area (Å²) in [5.41, 5.74) is 10.8. The third kappa shape index (κ3) is 6.63. The Morgan fingerprint density at radius 3 is 2.52 bits per heavy atom. The monoisotopic (exact) mass is 542 g/mol. The highest BCUT2D eigenvalue weighted by molar-refractivity contribution is 6.04. The van der Waals surface area contributed by atoms with Crippen LogP contribution in [0.4, 0.5) is 15.1 Å². The number of carbonyl (C=O) groups excluding carboxylic acids is 2. The maximum absolute atomic E-state index is 13.5. The summed E-state index contributed by atoms with van der Waals surface area (Å²) in [5, 5.41) is 2.84. The Labute approximate surface area is 231 Å². The SMILES string of the molecule is NC(=C(CCc1ccc(F)cc1)C(=O)Nc1nc2ccncc2[nH]1)C1CCN(C(=O)OCc2ccccc2)CC1. The number of anilines is 1. The first-order valence-electron chi connectivity index (χ1n) is 13.3. The highest BCUT2D eigenvalue weighted by atomic mass is 19.1. The van der Waals surface area contributed by atoms with E-state index in [9.17, 15) is 14.0 Å². The number of nitrogens with one attached hydrogen (secondary N) is 2. The van der Waals surface area contributed by atoms with Crippen molar-refractivity contribution in [3.63, 3.8) is 0 Å². The van der Waals surface area contributed by atoms with Gasteiger partial charge in [0.05, 0.1) is 17.2 Å². The molecule has 2 aromatic carbocycles. The average molecular weight is 543 g/mol. The number of hydrogen-bond acceptors (Lipinski definition) is 6. The summed E-state index contributed by atoms with van der Waals surface area (Å²) in [4.78, 5) is 39.3. The number of halogens is 1. The summed E-state index contributed by atoms with van der Waals surface area (Å²) < 4.78 is 18.9. The number of aromatic amines is 1. The first-order chi connectivity index (χ1) is 19.5.